The third-order valence-electron chi connectivity index (χ3n) is 3.75. The van der Waals surface area contributed by atoms with E-state index >= 15 is 0 Å². The second-order valence-electron chi connectivity index (χ2n) is 5.65. The number of carbonyl (C=O) groups is 3. The highest BCUT2D eigenvalue weighted by atomic mass is 35.5. The lowest BCUT2D eigenvalue weighted by Crippen LogP contribution is -2.39. The van der Waals surface area contributed by atoms with Crippen LogP contribution in [0.15, 0.2) is 53.4 Å². The molecule has 0 radical (unpaired) electrons. The first-order chi connectivity index (χ1) is 13.7. The number of imide groups is 1. The van der Waals surface area contributed by atoms with E-state index in [4.69, 9.17) is 16.3 Å². The lowest BCUT2D eigenvalue weighted by Gasteiger charge is -2.20. The predicted octanol–water partition coefficient (Wildman–Crippen LogP) is 1.78. The van der Waals surface area contributed by atoms with E-state index in [-0.39, 0.29) is 15.5 Å². The van der Waals surface area contributed by atoms with Crippen molar-refractivity contribution in [3.05, 3.63) is 59.1 Å². The van der Waals surface area contributed by atoms with E-state index in [1.165, 1.54) is 26.2 Å². The van der Waals surface area contributed by atoms with Crippen LogP contribution in [0.25, 0.3) is 0 Å². The number of amides is 3. The summed E-state index contributed by atoms with van der Waals surface area (Å²) in [7, 11) is -1.29. The van der Waals surface area contributed by atoms with Gasteiger partial charge in [0.2, 0.25) is 0 Å². The number of nitrogens with zero attached hydrogens (tertiary/aromatic N) is 1. The Labute approximate surface area is 172 Å². The summed E-state index contributed by atoms with van der Waals surface area (Å²) >= 11 is 5.99. The lowest BCUT2D eigenvalue weighted by molar-refractivity contribution is -0.123. The van der Waals surface area contributed by atoms with Crippen molar-refractivity contribution in [2.75, 3.05) is 25.0 Å². The molecule has 0 unspecified atom stereocenters. The molecule has 0 atom stereocenters. The molecule has 0 fully saturated rings. The third-order valence-corrected chi connectivity index (χ3v) is 5.86. The van der Waals surface area contributed by atoms with Gasteiger partial charge in [-0.2, -0.15) is 0 Å². The summed E-state index contributed by atoms with van der Waals surface area (Å²) in [5.41, 5.74) is 0.194. The average Bonchev–Trinajstić information content (AvgIpc) is 2.72. The smallest absolute Gasteiger partial charge is 0.340 e. The molecule has 29 heavy (non-hydrogen) atoms. The van der Waals surface area contributed by atoms with Gasteiger partial charge in [0.15, 0.2) is 6.61 Å². The van der Waals surface area contributed by atoms with Crippen molar-refractivity contribution in [3.8, 4) is 0 Å². The second kappa shape index (κ2) is 9.39. The predicted molar refractivity (Wildman–Crippen MR) is 106 cm³/mol. The fourth-order valence-electron chi connectivity index (χ4n) is 2.19. The number of carbonyl (C=O) groups excluding carboxylic acids is 3. The number of anilines is 1. The van der Waals surface area contributed by atoms with E-state index in [1.54, 1.807) is 30.3 Å². The number of ether oxygens (including phenoxy) is 1. The number of hydrogen-bond donors (Lipinski definition) is 2. The van der Waals surface area contributed by atoms with Crippen molar-refractivity contribution in [2.45, 2.75) is 4.90 Å². The lowest BCUT2D eigenvalue weighted by atomic mass is 10.2. The molecule has 0 aromatic heterocycles. The van der Waals surface area contributed by atoms with Gasteiger partial charge in [-0.1, -0.05) is 29.8 Å². The Hall–Kier alpha value is -3.11. The van der Waals surface area contributed by atoms with Crippen LogP contribution in [0.5, 0.6) is 0 Å². The molecule has 0 saturated heterocycles. The molecule has 0 aliphatic heterocycles. The average molecular weight is 440 g/mol. The topological polar surface area (TPSA) is 122 Å². The van der Waals surface area contributed by atoms with E-state index in [0.717, 1.165) is 10.4 Å². The minimum absolute atomic E-state index is 0.0528. The summed E-state index contributed by atoms with van der Waals surface area (Å²) < 4.78 is 31.6. The van der Waals surface area contributed by atoms with Crippen LogP contribution in [0.2, 0.25) is 5.02 Å². The third kappa shape index (κ3) is 5.46. The zero-order valence-electron chi connectivity index (χ0n) is 15.5. The number of para-hydroxylation sites is 1. The molecule has 2 aromatic carbocycles. The Morgan fingerprint density at radius 3 is 2.38 bits per heavy atom. The van der Waals surface area contributed by atoms with Crippen LogP contribution in [-0.4, -0.2) is 47.0 Å². The van der Waals surface area contributed by atoms with Gasteiger partial charge in [-0.25, -0.2) is 18.0 Å². The van der Waals surface area contributed by atoms with Crippen LogP contribution >= 0.6 is 11.6 Å². The minimum Gasteiger partial charge on any atom is -0.452 e. The summed E-state index contributed by atoms with van der Waals surface area (Å²) in [4.78, 5) is 34.6. The van der Waals surface area contributed by atoms with Gasteiger partial charge >= 0.3 is 12.0 Å². The van der Waals surface area contributed by atoms with E-state index in [2.05, 4.69) is 5.32 Å². The van der Waals surface area contributed by atoms with Gasteiger partial charge in [0.05, 0.1) is 21.2 Å². The van der Waals surface area contributed by atoms with Gasteiger partial charge in [-0.05, 0) is 30.3 Å². The zero-order chi connectivity index (χ0) is 21.6. The second-order valence-corrected chi connectivity index (χ2v) is 8.03. The molecule has 2 N–H and O–H groups in total. The first-order valence-corrected chi connectivity index (χ1v) is 10.0. The molecule has 0 bridgehead atoms. The van der Waals surface area contributed by atoms with E-state index < -0.39 is 34.5 Å². The van der Waals surface area contributed by atoms with Gasteiger partial charge < -0.3 is 10.1 Å². The molecule has 0 aliphatic rings. The SMILES string of the molecule is CNC(=O)NC(=O)COC(=O)c1cc(S(=O)(=O)N(C)c2ccccc2)ccc1Cl. The van der Waals surface area contributed by atoms with Crippen molar-refractivity contribution in [2.24, 2.45) is 0 Å². The highest BCUT2D eigenvalue weighted by Gasteiger charge is 2.24. The Morgan fingerprint density at radius 2 is 1.76 bits per heavy atom. The number of urea groups is 1. The number of benzene rings is 2. The standard InChI is InChI=1S/C18H18ClN3O6S/c1-20-18(25)21-16(23)11-28-17(24)14-10-13(8-9-15(14)19)29(26,27)22(2)12-6-4-3-5-7-12/h3-10H,11H2,1-2H3,(H2,20,21,23,25). The van der Waals surface area contributed by atoms with Gasteiger partial charge in [-0.15, -0.1) is 0 Å². The van der Waals surface area contributed by atoms with Crippen molar-refractivity contribution >= 4 is 45.2 Å². The molecule has 0 saturated carbocycles. The summed E-state index contributed by atoms with van der Waals surface area (Å²) in [6.45, 7) is -0.747. The fourth-order valence-corrected chi connectivity index (χ4v) is 3.61. The molecule has 0 aliphatic carbocycles. The number of halogens is 1. The van der Waals surface area contributed by atoms with Crippen LogP contribution in [-0.2, 0) is 19.6 Å². The maximum absolute atomic E-state index is 12.9. The van der Waals surface area contributed by atoms with Gasteiger partial charge in [0.25, 0.3) is 15.9 Å². The first kappa shape index (κ1) is 22.2. The molecule has 3 amide bonds. The Morgan fingerprint density at radius 1 is 1.10 bits per heavy atom. The van der Waals surface area contributed by atoms with Gasteiger partial charge in [0.1, 0.15) is 0 Å². The molecule has 2 aromatic rings. The van der Waals surface area contributed by atoms with Crippen molar-refractivity contribution in [1.29, 1.82) is 0 Å². The summed E-state index contributed by atoms with van der Waals surface area (Å²) in [6.07, 6.45) is 0. The maximum Gasteiger partial charge on any atom is 0.340 e. The number of nitrogens with one attached hydrogen (secondary N) is 2. The van der Waals surface area contributed by atoms with Crippen LogP contribution in [0.1, 0.15) is 10.4 Å². The zero-order valence-corrected chi connectivity index (χ0v) is 17.1. The molecular weight excluding hydrogens is 422 g/mol. The summed E-state index contributed by atoms with van der Waals surface area (Å²) in [5.74, 6) is -1.87. The maximum atomic E-state index is 12.9. The minimum atomic E-state index is -3.98. The summed E-state index contributed by atoms with van der Waals surface area (Å²) in [5, 5.41) is 4.03. The quantitative estimate of drug-likeness (QED) is 0.661. The van der Waals surface area contributed by atoms with Gasteiger partial charge in [-0.3, -0.25) is 14.4 Å². The molecule has 11 heteroatoms. The highest BCUT2D eigenvalue weighted by molar-refractivity contribution is 7.92. The summed E-state index contributed by atoms with van der Waals surface area (Å²) in [6, 6.07) is 11.2. The Kier molecular flexibility index (Phi) is 7.18. The largest absolute Gasteiger partial charge is 0.452 e. The van der Waals surface area contributed by atoms with Crippen LogP contribution in [0.3, 0.4) is 0 Å². The molecule has 2 rings (SSSR count). The molecular formula is C18H18ClN3O6S. The number of hydrogen-bond acceptors (Lipinski definition) is 6. The normalized spacial score (nSPS) is 10.7. The van der Waals surface area contributed by atoms with Crippen molar-refractivity contribution in [1.82, 2.24) is 10.6 Å². The van der Waals surface area contributed by atoms with E-state index in [9.17, 15) is 22.8 Å². The van der Waals surface area contributed by atoms with Crippen LogP contribution < -0.4 is 14.9 Å². The van der Waals surface area contributed by atoms with E-state index in [1.807, 2.05) is 5.32 Å². The Balaban J connectivity index is 2.21. The number of sulfonamides is 1. The monoisotopic (exact) mass is 439 g/mol. The first-order valence-electron chi connectivity index (χ1n) is 8.19. The van der Waals surface area contributed by atoms with Gasteiger partial charge in [0, 0.05) is 14.1 Å². The molecule has 0 heterocycles. The Bertz CT molecular complexity index is 1030. The fraction of sp³-hybridized carbons (Fsp3) is 0.167. The molecule has 0 spiro atoms. The molecule has 9 nitrogen and oxygen atoms in total. The molecule has 154 valence electrons. The number of rotatable bonds is 6. The number of esters is 1. The van der Waals surface area contributed by atoms with E-state index in [0.29, 0.717) is 5.69 Å². The van der Waals surface area contributed by atoms with Crippen molar-refractivity contribution in [3.63, 3.8) is 0 Å². The van der Waals surface area contributed by atoms with Crippen LogP contribution in [0.4, 0.5) is 10.5 Å². The van der Waals surface area contributed by atoms with Crippen molar-refractivity contribution < 1.29 is 27.5 Å². The van der Waals surface area contributed by atoms with Crippen LogP contribution in [0, 0.1) is 0 Å². The highest BCUT2D eigenvalue weighted by Crippen LogP contribution is 2.26.